The first kappa shape index (κ1) is 17.6. The van der Waals surface area contributed by atoms with Gasteiger partial charge in [0.15, 0.2) is 5.78 Å². The molecule has 0 saturated carbocycles. The first-order chi connectivity index (χ1) is 9.81. The summed E-state index contributed by atoms with van der Waals surface area (Å²) in [7, 11) is 0. The van der Waals surface area contributed by atoms with Gasteiger partial charge in [-0.1, -0.05) is 6.08 Å². The summed E-state index contributed by atoms with van der Waals surface area (Å²) in [6, 6.07) is 5.44. The number of benzene rings is 1. The predicted octanol–water partition coefficient (Wildman–Crippen LogP) is 4.55. The predicted molar refractivity (Wildman–Crippen MR) is 73.2 cm³/mol. The van der Waals surface area contributed by atoms with Gasteiger partial charge in [-0.2, -0.15) is 17.6 Å². The van der Waals surface area contributed by atoms with E-state index in [4.69, 9.17) is 0 Å². The number of carbonyl (C=O) groups is 1. The fourth-order valence-electron chi connectivity index (χ4n) is 1.30. The van der Waals surface area contributed by atoms with Gasteiger partial charge in [-0.15, -0.1) is 11.8 Å². The van der Waals surface area contributed by atoms with Gasteiger partial charge in [0.05, 0.1) is 0 Å². The molecule has 116 valence electrons. The van der Waals surface area contributed by atoms with Crippen molar-refractivity contribution in [2.75, 3.05) is 5.75 Å². The lowest BCUT2D eigenvalue weighted by atomic mass is 10.3. The van der Waals surface area contributed by atoms with Gasteiger partial charge in [0.1, 0.15) is 5.75 Å². The van der Waals surface area contributed by atoms with Gasteiger partial charge in [0.25, 0.3) is 0 Å². The van der Waals surface area contributed by atoms with E-state index in [1.54, 1.807) is 6.08 Å². The molecule has 2 nitrogen and oxygen atoms in total. The Morgan fingerprint density at radius 2 is 1.95 bits per heavy atom. The third kappa shape index (κ3) is 6.66. The monoisotopic (exact) mass is 322 g/mol. The topological polar surface area (TPSA) is 26.3 Å². The molecule has 0 aromatic heterocycles. The van der Waals surface area contributed by atoms with Crippen LogP contribution >= 0.6 is 11.8 Å². The van der Waals surface area contributed by atoms with Crippen LogP contribution in [0.1, 0.15) is 13.3 Å². The number of halogens is 4. The number of alkyl halides is 4. The summed E-state index contributed by atoms with van der Waals surface area (Å²) in [5.41, 5.74) is 0. The quantitative estimate of drug-likeness (QED) is 0.304. The van der Waals surface area contributed by atoms with Crippen LogP contribution in [-0.4, -0.2) is 24.1 Å². The maximum absolute atomic E-state index is 12.7. The molecule has 0 N–H and O–H groups in total. The Hall–Kier alpha value is -1.50. The summed E-state index contributed by atoms with van der Waals surface area (Å²) in [5, 5.41) is 0. The van der Waals surface area contributed by atoms with Crippen molar-refractivity contribution < 1.29 is 27.1 Å². The van der Waals surface area contributed by atoms with Crippen LogP contribution in [-0.2, 0) is 4.79 Å². The Labute approximate surface area is 124 Å². The van der Waals surface area contributed by atoms with Gasteiger partial charge in [-0.3, -0.25) is 4.79 Å². The minimum absolute atomic E-state index is 0.0264. The fourth-order valence-corrected chi connectivity index (χ4v) is 2.12. The summed E-state index contributed by atoms with van der Waals surface area (Å²) in [5.74, 6) is 0.361. The van der Waals surface area contributed by atoms with E-state index in [-0.39, 0.29) is 11.5 Å². The Morgan fingerprint density at radius 3 is 2.48 bits per heavy atom. The summed E-state index contributed by atoms with van der Waals surface area (Å²) < 4.78 is 53.2. The molecule has 0 bridgehead atoms. The highest BCUT2D eigenvalue weighted by Gasteiger charge is 2.43. The van der Waals surface area contributed by atoms with Gasteiger partial charge < -0.3 is 4.74 Å². The van der Waals surface area contributed by atoms with Crippen LogP contribution in [0.5, 0.6) is 5.75 Å². The Morgan fingerprint density at radius 1 is 1.33 bits per heavy atom. The van der Waals surface area contributed by atoms with E-state index in [1.165, 1.54) is 49.0 Å². The summed E-state index contributed by atoms with van der Waals surface area (Å²) in [6.45, 7) is 1.46. The fraction of sp³-hybridized carbons (Fsp3) is 0.357. The lowest BCUT2D eigenvalue weighted by molar-refractivity contribution is -0.253. The number of carbonyl (C=O) groups excluding carboxylic acids is 1. The summed E-state index contributed by atoms with van der Waals surface area (Å²) in [6.07, 6.45) is -4.46. The van der Waals surface area contributed by atoms with Gasteiger partial charge in [0.2, 0.25) is 0 Å². The zero-order valence-corrected chi connectivity index (χ0v) is 12.0. The average Bonchev–Trinajstić information content (AvgIpc) is 2.39. The van der Waals surface area contributed by atoms with Crippen molar-refractivity contribution in [3.05, 3.63) is 36.4 Å². The smallest absolute Gasteiger partial charge is 0.428 e. The summed E-state index contributed by atoms with van der Waals surface area (Å²) in [4.78, 5) is 11.4. The number of ketones is 1. The van der Waals surface area contributed by atoms with Crippen molar-refractivity contribution in [3.63, 3.8) is 0 Å². The molecule has 7 heteroatoms. The molecule has 1 rings (SSSR count). The molecule has 0 aliphatic heterocycles. The molecule has 0 amide bonds. The second kappa shape index (κ2) is 8.07. The zero-order valence-electron chi connectivity index (χ0n) is 11.2. The number of thioether (sulfide) groups is 1. The van der Waals surface area contributed by atoms with Crippen LogP contribution in [0.2, 0.25) is 0 Å². The van der Waals surface area contributed by atoms with E-state index in [9.17, 15) is 22.4 Å². The molecule has 21 heavy (non-hydrogen) atoms. The summed E-state index contributed by atoms with van der Waals surface area (Å²) >= 11 is 1.45. The Kier molecular flexibility index (Phi) is 6.74. The molecule has 0 unspecified atom stereocenters. The normalized spacial score (nSPS) is 12.1. The third-order valence-electron chi connectivity index (χ3n) is 2.24. The largest absolute Gasteiger partial charge is 0.461 e. The number of rotatable bonds is 8. The number of hydrogen-bond donors (Lipinski definition) is 0. The van der Waals surface area contributed by atoms with E-state index < -0.39 is 12.5 Å². The minimum atomic E-state index is -4.49. The van der Waals surface area contributed by atoms with Gasteiger partial charge in [0, 0.05) is 10.6 Å². The van der Waals surface area contributed by atoms with Crippen LogP contribution in [0.4, 0.5) is 17.6 Å². The van der Waals surface area contributed by atoms with E-state index in [0.29, 0.717) is 12.2 Å². The number of ether oxygens (including phenoxy) is 1. The average molecular weight is 322 g/mol. The SMILES string of the molecule is CC(=O)/C=C/CCSc1ccc(OC(F)(F)C(F)F)cc1. The Bertz CT molecular complexity index is 486. The molecule has 0 spiro atoms. The van der Waals surface area contributed by atoms with Gasteiger partial charge >= 0.3 is 12.5 Å². The molecular formula is C14H14F4O2S. The number of hydrogen-bond acceptors (Lipinski definition) is 3. The van der Waals surface area contributed by atoms with Gasteiger partial charge in [-0.05, 0) is 43.7 Å². The van der Waals surface area contributed by atoms with Crippen molar-refractivity contribution in [2.45, 2.75) is 30.8 Å². The highest BCUT2D eigenvalue weighted by molar-refractivity contribution is 7.99. The maximum atomic E-state index is 12.7. The third-order valence-corrected chi connectivity index (χ3v) is 3.28. The van der Waals surface area contributed by atoms with Gasteiger partial charge in [-0.25, -0.2) is 0 Å². The maximum Gasteiger partial charge on any atom is 0.461 e. The van der Waals surface area contributed by atoms with Crippen LogP contribution in [0.3, 0.4) is 0 Å². The molecule has 1 aromatic carbocycles. The first-order valence-corrected chi connectivity index (χ1v) is 7.05. The van der Waals surface area contributed by atoms with E-state index >= 15 is 0 Å². The minimum Gasteiger partial charge on any atom is -0.428 e. The Balaban J connectivity index is 2.45. The first-order valence-electron chi connectivity index (χ1n) is 6.06. The second-order valence-electron chi connectivity index (χ2n) is 4.09. The molecule has 0 saturated heterocycles. The molecule has 0 atom stereocenters. The van der Waals surface area contributed by atoms with Crippen molar-refractivity contribution in [1.29, 1.82) is 0 Å². The highest BCUT2D eigenvalue weighted by Crippen LogP contribution is 2.29. The molecule has 0 aliphatic rings. The van der Waals surface area contributed by atoms with E-state index in [1.807, 2.05) is 0 Å². The molecule has 0 fully saturated rings. The molecule has 0 aliphatic carbocycles. The molecule has 1 aromatic rings. The van der Waals surface area contributed by atoms with Crippen molar-refractivity contribution in [3.8, 4) is 5.75 Å². The van der Waals surface area contributed by atoms with Crippen molar-refractivity contribution >= 4 is 17.5 Å². The second-order valence-corrected chi connectivity index (χ2v) is 5.25. The molecular weight excluding hydrogens is 308 g/mol. The van der Waals surface area contributed by atoms with E-state index in [0.717, 1.165) is 4.90 Å². The zero-order chi connectivity index (χ0) is 15.9. The van der Waals surface area contributed by atoms with Crippen LogP contribution in [0.25, 0.3) is 0 Å². The lowest BCUT2D eigenvalue weighted by Gasteiger charge is -2.16. The van der Waals surface area contributed by atoms with Crippen LogP contribution < -0.4 is 4.74 Å². The molecule has 0 radical (unpaired) electrons. The van der Waals surface area contributed by atoms with Crippen LogP contribution in [0.15, 0.2) is 41.3 Å². The molecule has 0 heterocycles. The van der Waals surface area contributed by atoms with Crippen LogP contribution in [0, 0.1) is 0 Å². The highest BCUT2D eigenvalue weighted by atomic mass is 32.2. The van der Waals surface area contributed by atoms with Crippen molar-refractivity contribution in [1.82, 2.24) is 0 Å². The standard InChI is InChI=1S/C14H14F4O2S/c1-10(19)4-2-3-9-21-12-7-5-11(6-8-12)20-14(17,18)13(15)16/h2,4-8,13H,3,9H2,1H3/b4-2+. The van der Waals surface area contributed by atoms with E-state index in [2.05, 4.69) is 4.74 Å². The lowest BCUT2D eigenvalue weighted by Crippen LogP contribution is -2.33. The van der Waals surface area contributed by atoms with Crippen molar-refractivity contribution in [2.24, 2.45) is 0 Å². The number of allylic oxidation sites excluding steroid dienone is 2.